The van der Waals surface area contributed by atoms with E-state index in [2.05, 4.69) is 0 Å². The van der Waals surface area contributed by atoms with Gasteiger partial charge in [-0.3, -0.25) is 4.79 Å². The van der Waals surface area contributed by atoms with Crippen LogP contribution in [0.4, 0.5) is 0 Å². The van der Waals surface area contributed by atoms with Crippen molar-refractivity contribution < 1.29 is 14.1 Å². The third-order valence-electron chi connectivity index (χ3n) is 1.32. The Balaban J connectivity index is 3.51. The zero-order valence-electron chi connectivity index (χ0n) is 8.00. The quantitative estimate of drug-likeness (QED) is 0.494. The Hall–Kier alpha value is -0.300. The lowest BCUT2D eigenvalue weighted by atomic mass is 10.5. The van der Waals surface area contributed by atoms with Crippen LogP contribution in [-0.4, -0.2) is 32.1 Å². The molecule has 0 saturated heterocycles. The molecule has 0 aliphatic heterocycles. The number of carbonyl (C=O) groups is 1. The minimum Gasteiger partial charge on any atom is -0.466 e. The first kappa shape index (κ1) is 11.7. The topological polar surface area (TPSA) is 43.4 Å². The van der Waals surface area contributed by atoms with Crippen molar-refractivity contribution in [2.24, 2.45) is 0 Å². The Kier molecular flexibility index (Phi) is 5.23. The van der Waals surface area contributed by atoms with Crippen LogP contribution < -0.4 is 0 Å². The van der Waals surface area contributed by atoms with Gasteiger partial charge in [0.05, 0.1) is 20.2 Å². The van der Waals surface area contributed by atoms with E-state index in [1.54, 1.807) is 13.3 Å². The van der Waals surface area contributed by atoms with Gasteiger partial charge in [0.15, 0.2) is 0 Å². The summed E-state index contributed by atoms with van der Waals surface area (Å²) < 4.78 is 16.0. The summed E-state index contributed by atoms with van der Waals surface area (Å²) in [5.74, 6) is -0.235. The van der Waals surface area contributed by atoms with Gasteiger partial charge in [-0.2, -0.15) is 0 Å². The molecule has 0 aromatic rings. The van der Waals surface area contributed by atoms with Crippen LogP contribution in [0.15, 0.2) is 0 Å². The molecule has 0 aromatic heterocycles. The predicted octanol–water partition coefficient (Wildman–Crippen LogP) is 1.95. The fourth-order valence-corrected chi connectivity index (χ4v) is 1.37. The summed E-state index contributed by atoms with van der Waals surface area (Å²) in [6.07, 6.45) is 1.57. The molecule has 0 atom stereocenters. The Labute approximate surface area is 73.9 Å². The van der Waals surface area contributed by atoms with Crippen molar-refractivity contribution in [3.63, 3.8) is 0 Å². The molecule has 3 nitrogen and oxygen atoms in total. The summed E-state index contributed by atoms with van der Waals surface area (Å²) in [6, 6.07) is 0. The third-order valence-corrected chi connectivity index (χ3v) is 2.62. The largest absolute Gasteiger partial charge is 0.466 e. The van der Waals surface area contributed by atoms with Gasteiger partial charge in [-0.05, 0) is 19.8 Å². The molecule has 12 heavy (non-hydrogen) atoms. The van der Waals surface area contributed by atoms with Gasteiger partial charge in [-0.15, -0.1) is 0 Å². The molecule has 0 amide bonds. The van der Waals surface area contributed by atoms with Crippen LogP contribution >= 0.6 is 7.14 Å². The van der Waals surface area contributed by atoms with Gasteiger partial charge in [0.2, 0.25) is 0 Å². The number of rotatable bonds is 5. The Morgan fingerprint density at radius 3 is 2.42 bits per heavy atom. The Morgan fingerprint density at radius 2 is 2.00 bits per heavy atom. The van der Waals surface area contributed by atoms with E-state index in [1.165, 1.54) is 0 Å². The van der Waals surface area contributed by atoms with Crippen LogP contribution in [0.2, 0.25) is 0 Å². The first-order valence-corrected chi connectivity index (χ1v) is 6.94. The number of esters is 1. The molecular weight excluding hydrogens is 175 g/mol. The monoisotopic (exact) mass is 192 g/mol. The molecule has 0 radical (unpaired) electrons. The summed E-state index contributed by atoms with van der Waals surface area (Å²) in [5.41, 5.74) is 0. The van der Waals surface area contributed by atoms with E-state index in [0.717, 1.165) is 6.42 Å². The minimum atomic E-state index is -2.05. The molecule has 0 fully saturated rings. The van der Waals surface area contributed by atoms with Gasteiger partial charge in [0.1, 0.15) is 0 Å². The lowest BCUT2D eigenvalue weighted by molar-refractivity contribution is -0.143. The van der Waals surface area contributed by atoms with Crippen molar-refractivity contribution in [1.82, 2.24) is 0 Å². The molecule has 0 N–H and O–H groups in total. The summed E-state index contributed by atoms with van der Waals surface area (Å²) in [6.45, 7) is 5.77. The van der Waals surface area contributed by atoms with Crippen LogP contribution in [0.25, 0.3) is 0 Å². The van der Waals surface area contributed by atoms with Crippen LogP contribution in [0.3, 0.4) is 0 Å². The molecule has 0 aliphatic carbocycles. The summed E-state index contributed by atoms with van der Waals surface area (Å²) in [4.78, 5) is 10.9. The number of hydrogen-bond donors (Lipinski definition) is 0. The van der Waals surface area contributed by atoms with Crippen molar-refractivity contribution in [3.8, 4) is 0 Å². The van der Waals surface area contributed by atoms with Crippen molar-refractivity contribution in [2.45, 2.75) is 19.8 Å². The summed E-state index contributed by atoms with van der Waals surface area (Å²) >= 11 is 0. The van der Waals surface area contributed by atoms with Crippen molar-refractivity contribution in [1.29, 1.82) is 0 Å². The second-order valence-corrected chi connectivity index (χ2v) is 6.86. The number of hydrogen-bond acceptors (Lipinski definition) is 3. The van der Waals surface area contributed by atoms with Gasteiger partial charge in [-0.1, -0.05) is 6.92 Å². The smallest absolute Gasteiger partial charge is 0.306 e. The zero-order chi connectivity index (χ0) is 9.61. The van der Waals surface area contributed by atoms with Crippen molar-refractivity contribution in [2.75, 3.05) is 26.1 Å². The highest BCUT2D eigenvalue weighted by Crippen LogP contribution is 2.36. The van der Waals surface area contributed by atoms with Crippen molar-refractivity contribution >= 4 is 13.1 Å². The van der Waals surface area contributed by atoms with Gasteiger partial charge in [0.25, 0.3) is 0 Å². The molecule has 0 unspecified atom stereocenters. The van der Waals surface area contributed by atoms with Gasteiger partial charge < -0.3 is 9.30 Å². The highest BCUT2D eigenvalue weighted by molar-refractivity contribution is 7.62. The minimum absolute atomic E-state index is 0.235. The molecule has 0 rings (SSSR count). The normalized spacial score (nSPS) is 11.2. The molecule has 0 aliphatic rings. The molecular formula is C8H17O3P. The second kappa shape index (κ2) is 5.36. The van der Waals surface area contributed by atoms with E-state index < -0.39 is 7.14 Å². The third kappa shape index (κ3) is 7.80. The van der Waals surface area contributed by atoms with Crippen LogP contribution in [-0.2, 0) is 14.1 Å². The van der Waals surface area contributed by atoms with Crippen molar-refractivity contribution in [3.05, 3.63) is 0 Å². The molecule has 0 aromatic carbocycles. The fourth-order valence-electron chi connectivity index (χ4n) is 0.649. The van der Waals surface area contributed by atoms with E-state index in [0.29, 0.717) is 12.8 Å². The van der Waals surface area contributed by atoms with E-state index in [-0.39, 0.29) is 12.4 Å². The van der Waals surface area contributed by atoms with Gasteiger partial charge in [0, 0.05) is 6.16 Å². The van der Waals surface area contributed by atoms with Gasteiger partial charge in [-0.25, -0.2) is 0 Å². The molecule has 0 bridgehead atoms. The molecule has 0 saturated carbocycles. The summed E-state index contributed by atoms with van der Waals surface area (Å²) in [5, 5.41) is 0. The standard InChI is InChI=1S/C8H17O3P/c1-4-6-11-8(9)5-7-12(2,3)10/h4-7H2,1-3H3. The van der Waals surface area contributed by atoms with Crippen LogP contribution in [0.5, 0.6) is 0 Å². The van der Waals surface area contributed by atoms with Crippen LogP contribution in [0.1, 0.15) is 19.8 Å². The predicted molar refractivity (Wildman–Crippen MR) is 50.2 cm³/mol. The Morgan fingerprint density at radius 1 is 1.42 bits per heavy atom. The lowest BCUT2D eigenvalue weighted by Gasteiger charge is -2.05. The maximum atomic E-state index is 11.2. The van der Waals surface area contributed by atoms with E-state index in [9.17, 15) is 9.36 Å². The molecule has 4 heteroatoms. The zero-order valence-corrected chi connectivity index (χ0v) is 8.89. The Bertz CT molecular complexity index is 183. The first-order valence-electron chi connectivity index (χ1n) is 4.15. The average molecular weight is 192 g/mol. The fraction of sp³-hybridized carbons (Fsp3) is 0.875. The molecule has 72 valence electrons. The highest BCUT2D eigenvalue weighted by Gasteiger charge is 2.10. The average Bonchev–Trinajstić information content (AvgIpc) is 1.95. The second-order valence-electron chi connectivity index (χ2n) is 3.27. The highest BCUT2D eigenvalue weighted by atomic mass is 31.2. The number of carbonyl (C=O) groups excluding carboxylic acids is 1. The lowest BCUT2D eigenvalue weighted by Crippen LogP contribution is -2.07. The van der Waals surface area contributed by atoms with Gasteiger partial charge >= 0.3 is 5.97 Å². The number of ether oxygens (including phenoxy) is 1. The molecule has 0 spiro atoms. The molecule has 0 heterocycles. The summed E-state index contributed by atoms with van der Waals surface area (Å²) in [7, 11) is -2.05. The maximum absolute atomic E-state index is 11.2. The SMILES string of the molecule is CCCOC(=O)CCP(C)(C)=O. The maximum Gasteiger partial charge on any atom is 0.306 e. The van der Waals surface area contributed by atoms with Crippen LogP contribution in [0, 0.1) is 0 Å². The first-order chi connectivity index (χ1) is 5.45. The van der Waals surface area contributed by atoms with E-state index in [4.69, 9.17) is 4.74 Å². The van der Waals surface area contributed by atoms with E-state index >= 15 is 0 Å². The van der Waals surface area contributed by atoms with E-state index in [1.807, 2.05) is 6.92 Å².